The Balaban J connectivity index is 2.39. The van der Waals surface area contributed by atoms with Gasteiger partial charge in [-0.05, 0) is 52.0 Å². The van der Waals surface area contributed by atoms with Gasteiger partial charge < -0.3 is 15.8 Å². The number of carbonyl (C=O) groups excluding carboxylic acids is 1. The van der Waals surface area contributed by atoms with Gasteiger partial charge in [0.05, 0.1) is 12.1 Å². The fourth-order valence-corrected chi connectivity index (χ4v) is 2.49. The highest BCUT2D eigenvalue weighted by molar-refractivity contribution is 5.79. The van der Waals surface area contributed by atoms with Crippen molar-refractivity contribution in [3.8, 4) is 0 Å². The standard InChI is InChI=1S/C13H26N2O2/c1-13(2,9-17-3)15-12(16)11-6-4-10(8-14)5-7-11/h10-11H,4-9,14H2,1-3H3,(H,15,16). The molecule has 0 saturated heterocycles. The van der Waals surface area contributed by atoms with Crippen LogP contribution in [0.15, 0.2) is 0 Å². The number of methoxy groups -OCH3 is 1. The van der Waals surface area contributed by atoms with E-state index >= 15 is 0 Å². The van der Waals surface area contributed by atoms with Gasteiger partial charge in [0, 0.05) is 13.0 Å². The number of hydrogen-bond acceptors (Lipinski definition) is 3. The molecule has 1 saturated carbocycles. The third-order valence-corrected chi connectivity index (χ3v) is 3.52. The molecule has 0 radical (unpaired) electrons. The molecule has 17 heavy (non-hydrogen) atoms. The second-order valence-electron chi connectivity index (χ2n) is 5.76. The second-order valence-corrected chi connectivity index (χ2v) is 5.76. The van der Waals surface area contributed by atoms with Crippen LogP contribution < -0.4 is 11.1 Å². The third kappa shape index (κ3) is 4.64. The molecule has 100 valence electrons. The molecule has 0 atom stereocenters. The van der Waals surface area contributed by atoms with Crippen LogP contribution in [-0.4, -0.2) is 31.7 Å². The van der Waals surface area contributed by atoms with E-state index in [2.05, 4.69) is 5.32 Å². The fraction of sp³-hybridized carbons (Fsp3) is 0.923. The normalized spacial score (nSPS) is 25.6. The van der Waals surface area contributed by atoms with Crippen molar-refractivity contribution in [1.82, 2.24) is 5.32 Å². The quantitative estimate of drug-likeness (QED) is 0.763. The number of nitrogens with one attached hydrogen (secondary N) is 1. The van der Waals surface area contributed by atoms with Crippen molar-refractivity contribution in [2.24, 2.45) is 17.6 Å². The Hall–Kier alpha value is -0.610. The van der Waals surface area contributed by atoms with Crippen molar-refractivity contribution in [2.45, 2.75) is 45.1 Å². The highest BCUT2D eigenvalue weighted by Gasteiger charge is 2.29. The van der Waals surface area contributed by atoms with Crippen molar-refractivity contribution in [1.29, 1.82) is 0 Å². The lowest BCUT2D eigenvalue weighted by atomic mass is 9.81. The van der Waals surface area contributed by atoms with Crippen LogP contribution in [0.3, 0.4) is 0 Å². The molecule has 1 rings (SSSR count). The SMILES string of the molecule is COCC(C)(C)NC(=O)C1CCC(CN)CC1. The Labute approximate surface area is 104 Å². The van der Waals surface area contributed by atoms with Crippen molar-refractivity contribution < 1.29 is 9.53 Å². The first-order valence-electron chi connectivity index (χ1n) is 6.49. The van der Waals surface area contributed by atoms with Gasteiger partial charge in [0.2, 0.25) is 5.91 Å². The van der Waals surface area contributed by atoms with Gasteiger partial charge in [-0.25, -0.2) is 0 Å². The molecule has 0 aromatic carbocycles. The van der Waals surface area contributed by atoms with Gasteiger partial charge in [-0.2, -0.15) is 0 Å². The van der Waals surface area contributed by atoms with Gasteiger partial charge in [-0.1, -0.05) is 0 Å². The van der Waals surface area contributed by atoms with E-state index in [-0.39, 0.29) is 17.4 Å². The summed E-state index contributed by atoms with van der Waals surface area (Å²) in [7, 11) is 1.65. The summed E-state index contributed by atoms with van der Waals surface area (Å²) in [4.78, 5) is 12.1. The summed E-state index contributed by atoms with van der Waals surface area (Å²) in [6.45, 7) is 5.26. The Bertz CT molecular complexity index is 246. The third-order valence-electron chi connectivity index (χ3n) is 3.52. The van der Waals surface area contributed by atoms with E-state index in [1.807, 2.05) is 13.8 Å². The first-order valence-corrected chi connectivity index (χ1v) is 6.49. The van der Waals surface area contributed by atoms with Gasteiger partial charge >= 0.3 is 0 Å². The molecule has 4 nitrogen and oxygen atoms in total. The fourth-order valence-electron chi connectivity index (χ4n) is 2.49. The molecule has 0 unspecified atom stereocenters. The Morgan fingerprint density at radius 2 is 1.94 bits per heavy atom. The molecule has 1 aliphatic rings. The van der Waals surface area contributed by atoms with Gasteiger partial charge in [-0.15, -0.1) is 0 Å². The van der Waals surface area contributed by atoms with Crippen molar-refractivity contribution in [3.05, 3.63) is 0 Å². The minimum absolute atomic E-state index is 0.161. The van der Waals surface area contributed by atoms with Crippen LogP contribution in [0, 0.1) is 11.8 Å². The van der Waals surface area contributed by atoms with Crippen molar-refractivity contribution in [2.75, 3.05) is 20.3 Å². The lowest BCUT2D eigenvalue weighted by Crippen LogP contribution is -2.49. The number of hydrogen-bond donors (Lipinski definition) is 2. The molecule has 3 N–H and O–H groups in total. The van der Waals surface area contributed by atoms with Crippen molar-refractivity contribution >= 4 is 5.91 Å². The molecular weight excluding hydrogens is 216 g/mol. The lowest BCUT2D eigenvalue weighted by Gasteiger charge is -2.31. The largest absolute Gasteiger partial charge is 0.382 e. The Morgan fingerprint density at radius 1 is 1.35 bits per heavy atom. The maximum atomic E-state index is 12.1. The minimum atomic E-state index is -0.281. The minimum Gasteiger partial charge on any atom is -0.382 e. The maximum Gasteiger partial charge on any atom is 0.223 e. The number of ether oxygens (including phenoxy) is 1. The predicted octanol–water partition coefficient (Wildman–Crippen LogP) is 1.29. The summed E-state index contributed by atoms with van der Waals surface area (Å²) in [5.41, 5.74) is 5.37. The molecule has 0 aliphatic heterocycles. The molecule has 0 bridgehead atoms. The van der Waals surface area contributed by atoms with Crippen LogP contribution in [0.5, 0.6) is 0 Å². The topological polar surface area (TPSA) is 64.3 Å². The van der Waals surface area contributed by atoms with E-state index in [4.69, 9.17) is 10.5 Å². The average Bonchev–Trinajstić information content (AvgIpc) is 2.28. The Morgan fingerprint density at radius 3 is 2.41 bits per heavy atom. The van der Waals surface area contributed by atoms with Gasteiger partial charge in [0.1, 0.15) is 0 Å². The van der Waals surface area contributed by atoms with Crippen LogP contribution in [0.25, 0.3) is 0 Å². The summed E-state index contributed by atoms with van der Waals surface area (Å²) in [5, 5.41) is 3.06. The monoisotopic (exact) mass is 242 g/mol. The number of rotatable bonds is 5. The molecule has 1 fully saturated rings. The summed E-state index contributed by atoms with van der Waals surface area (Å²) >= 11 is 0. The smallest absolute Gasteiger partial charge is 0.223 e. The molecule has 0 spiro atoms. The maximum absolute atomic E-state index is 12.1. The number of amides is 1. The zero-order chi connectivity index (χ0) is 12.9. The van der Waals surface area contributed by atoms with Gasteiger partial charge in [0.15, 0.2) is 0 Å². The van der Waals surface area contributed by atoms with E-state index in [9.17, 15) is 4.79 Å². The van der Waals surface area contributed by atoms with Crippen LogP contribution in [-0.2, 0) is 9.53 Å². The van der Waals surface area contributed by atoms with Crippen LogP contribution >= 0.6 is 0 Å². The summed E-state index contributed by atoms with van der Waals surface area (Å²) in [6.07, 6.45) is 4.10. The highest BCUT2D eigenvalue weighted by Crippen LogP contribution is 2.28. The van der Waals surface area contributed by atoms with Crippen LogP contribution in [0.1, 0.15) is 39.5 Å². The lowest BCUT2D eigenvalue weighted by molar-refractivity contribution is -0.128. The van der Waals surface area contributed by atoms with E-state index in [1.54, 1.807) is 7.11 Å². The molecule has 1 amide bonds. The zero-order valence-corrected chi connectivity index (χ0v) is 11.3. The van der Waals surface area contributed by atoms with Crippen LogP contribution in [0.4, 0.5) is 0 Å². The zero-order valence-electron chi connectivity index (χ0n) is 11.3. The second kappa shape index (κ2) is 6.36. The van der Waals surface area contributed by atoms with Gasteiger partial charge in [0.25, 0.3) is 0 Å². The molecule has 0 aromatic heterocycles. The predicted molar refractivity (Wildman–Crippen MR) is 68.6 cm³/mol. The average molecular weight is 242 g/mol. The Kier molecular flexibility index (Phi) is 5.40. The number of carbonyl (C=O) groups is 1. The summed E-state index contributed by atoms with van der Waals surface area (Å²) < 4.78 is 5.10. The summed E-state index contributed by atoms with van der Waals surface area (Å²) in [6, 6.07) is 0. The molecule has 0 heterocycles. The first kappa shape index (κ1) is 14.5. The first-order chi connectivity index (χ1) is 7.98. The van der Waals surface area contributed by atoms with Gasteiger partial charge in [-0.3, -0.25) is 4.79 Å². The number of nitrogens with two attached hydrogens (primary N) is 1. The van der Waals surface area contributed by atoms with Crippen LogP contribution in [0.2, 0.25) is 0 Å². The summed E-state index contributed by atoms with van der Waals surface area (Å²) in [5.74, 6) is 0.947. The van der Waals surface area contributed by atoms with Crippen molar-refractivity contribution in [3.63, 3.8) is 0 Å². The van der Waals surface area contributed by atoms with E-state index in [1.165, 1.54) is 0 Å². The molecule has 4 heteroatoms. The molecule has 0 aromatic rings. The highest BCUT2D eigenvalue weighted by atomic mass is 16.5. The van der Waals surface area contributed by atoms with E-state index < -0.39 is 0 Å². The van der Waals surface area contributed by atoms with E-state index in [0.717, 1.165) is 32.2 Å². The van der Waals surface area contributed by atoms with E-state index in [0.29, 0.717) is 12.5 Å². The molecular formula is C13H26N2O2. The molecule has 1 aliphatic carbocycles.